The molecule has 0 saturated heterocycles. The lowest BCUT2D eigenvalue weighted by Crippen LogP contribution is -1.60. The molecule has 2 nitrogen and oxygen atoms in total. The minimum atomic E-state index is 0.198. The van der Waals surface area contributed by atoms with Crippen LogP contribution >= 0.6 is 9.03 Å². The summed E-state index contributed by atoms with van der Waals surface area (Å²) >= 11 is 0. The van der Waals surface area contributed by atoms with Gasteiger partial charge in [-0.1, -0.05) is 26.7 Å². The first kappa shape index (κ1) is 12.1. The van der Waals surface area contributed by atoms with E-state index in [1.165, 1.54) is 12.8 Å². The molecule has 0 radical (unpaired) electrons. The molecule has 0 aromatic heterocycles. The van der Waals surface area contributed by atoms with Gasteiger partial charge in [-0.15, -0.1) is 0 Å². The van der Waals surface area contributed by atoms with Gasteiger partial charge in [-0.3, -0.25) is 0 Å². The van der Waals surface area contributed by atoms with Crippen LogP contribution in [0.3, 0.4) is 0 Å². The standard InChI is InChI=1S/C4H10.C2H7O2P/c1-3-4-2;1-3-5-4-2/h3-4H2,1-2H3;5H,1-2H3. The Morgan fingerprint density at radius 1 is 1.00 bits per heavy atom. The zero-order valence-electron chi connectivity index (χ0n) is 6.73. The Morgan fingerprint density at radius 3 is 1.33 bits per heavy atom. The summed E-state index contributed by atoms with van der Waals surface area (Å²) in [7, 11) is 3.40. The van der Waals surface area contributed by atoms with Gasteiger partial charge in [0.15, 0.2) is 9.03 Å². The average molecular weight is 152 g/mol. The van der Waals surface area contributed by atoms with E-state index in [-0.39, 0.29) is 9.03 Å². The van der Waals surface area contributed by atoms with Crippen molar-refractivity contribution in [1.82, 2.24) is 0 Å². The second-order valence-electron chi connectivity index (χ2n) is 1.49. The fourth-order valence-electron chi connectivity index (χ4n) is 0.0833. The van der Waals surface area contributed by atoms with Crippen LogP contribution in [0.4, 0.5) is 0 Å². The molecule has 0 aliphatic heterocycles. The zero-order chi connectivity index (χ0) is 7.54. The molecule has 0 rings (SSSR count). The lowest BCUT2D eigenvalue weighted by Gasteiger charge is -1.86. The molecule has 0 aromatic carbocycles. The summed E-state index contributed by atoms with van der Waals surface area (Å²) in [5.74, 6) is 0. The molecule has 58 valence electrons. The summed E-state index contributed by atoms with van der Waals surface area (Å²) in [5.41, 5.74) is 0. The first-order chi connectivity index (χ1) is 4.33. The van der Waals surface area contributed by atoms with Gasteiger partial charge in [0, 0.05) is 14.2 Å². The number of unbranched alkanes of at least 4 members (excludes halogenated alkanes) is 1. The van der Waals surface area contributed by atoms with E-state index in [0.717, 1.165) is 0 Å². The van der Waals surface area contributed by atoms with Gasteiger partial charge in [0.05, 0.1) is 0 Å². The lowest BCUT2D eigenvalue weighted by molar-refractivity contribution is 0.362. The molecule has 0 N–H and O–H groups in total. The second-order valence-corrected chi connectivity index (χ2v) is 2.47. The fourth-order valence-corrected chi connectivity index (χ4v) is 0.250. The SMILES string of the molecule is CCCC.COPOC. The summed E-state index contributed by atoms with van der Waals surface area (Å²) in [6, 6.07) is 0. The predicted octanol–water partition coefficient (Wildman–Crippen LogP) is 2.59. The molecule has 0 heterocycles. The Hall–Kier alpha value is 0.350. The van der Waals surface area contributed by atoms with E-state index in [9.17, 15) is 0 Å². The summed E-state index contributed by atoms with van der Waals surface area (Å²) in [4.78, 5) is 0. The molecular formula is C6H17O2P. The largest absolute Gasteiger partial charge is 0.340 e. The number of rotatable bonds is 3. The molecule has 0 unspecified atom stereocenters. The van der Waals surface area contributed by atoms with E-state index in [0.29, 0.717) is 0 Å². The summed E-state index contributed by atoms with van der Waals surface area (Å²) in [5, 5.41) is 0. The van der Waals surface area contributed by atoms with Crippen LogP contribution in [-0.4, -0.2) is 14.2 Å². The second kappa shape index (κ2) is 15.8. The van der Waals surface area contributed by atoms with Crippen LogP contribution < -0.4 is 0 Å². The zero-order valence-corrected chi connectivity index (χ0v) is 7.73. The van der Waals surface area contributed by atoms with E-state index in [4.69, 9.17) is 0 Å². The highest BCUT2D eigenvalue weighted by Crippen LogP contribution is 2.05. The highest BCUT2D eigenvalue weighted by atomic mass is 31.1. The van der Waals surface area contributed by atoms with Crippen LogP contribution in [0.15, 0.2) is 0 Å². The maximum absolute atomic E-state index is 4.50. The van der Waals surface area contributed by atoms with E-state index in [1.54, 1.807) is 14.2 Å². The molecule has 0 aliphatic rings. The molecule has 0 aromatic rings. The van der Waals surface area contributed by atoms with Crippen LogP contribution in [0.2, 0.25) is 0 Å². The fraction of sp³-hybridized carbons (Fsp3) is 1.00. The van der Waals surface area contributed by atoms with Crippen molar-refractivity contribution in [2.45, 2.75) is 26.7 Å². The monoisotopic (exact) mass is 152 g/mol. The third kappa shape index (κ3) is 30.0. The van der Waals surface area contributed by atoms with Gasteiger partial charge in [0.25, 0.3) is 0 Å². The van der Waals surface area contributed by atoms with Crippen LogP contribution in [0.1, 0.15) is 26.7 Å². The quantitative estimate of drug-likeness (QED) is 0.578. The summed E-state index contributed by atoms with van der Waals surface area (Å²) in [6.45, 7) is 4.36. The van der Waals surface area contributed by atoms with Gasteiger partial charge in [0.2, 0.25) is 0 Å². The molecule has 0 fully saturated rings. The van der Waals surface area contributed by atoms with Gasteiger partial charge >= 0.3 is 0 Å². The van der Waals surface area contributed by atoms with Crippen molar-refractivity contribution in [3.63, 3.8) is 0 Å². The molecule has 0 atom stereocenters. The van der Waals surface area contributed by atoms with Crippen molar-refractivity contribution < 1.29 is 9.05 Å². The molecule has 0 aliphatic carbocycles. The van der Waals surface area contributed by atoms with Crippen LogP contribution in [0, 0.1) is 0 Å². The Kier molecular flexibility index (Phi) is 21.1. The van der Waals surface area contributed by atoms with Crippen molar-refractivity contribution in [2.75, 3.05) is 14.2 Å². The van der Waals surface area contributed by atoms with Gasteiger partial charge in [-0.25, -0.2) is 0 Å². The highest BCUT2D eigenvalue weighted by molar-refractivity contribution is 7.26. The third-order valence-corrected chi connectivity index (χ3v) is 1.00. The first-order valence-corrected chi connectivity index (χ1v) is 3.96. The Labute approximate surface area is 59.9 Å². The summed E-state index contributed by atoms with van der Waals surface area (Å²) in [6.07, 6.45) is 2.64. The van der Waals surface area contributed by atoms with Crippen molar-refractivity contribution in [1.29, 1.82) is 0 Å². The van der Waals surface area contributed by atoms with E-state index < -0.39 is 0 Å². The minimum absolute atomic E-state index is 0.198. The van der Waals surface area contributed by atoms with Gasteiger partial charge in [-0.05, 0) is 0 Å². The van der Waals surface area contributed by atoms with Crippen molar-refractivity contribution in [3.8, 4) is 0 Å². The van der Waals surface area contributed by atoms with Crippen molar-refractivity contribution in [3.05, 3.63) is 0 Å². The lowest BCUT2D eigenvalue weighted by atomic mass is 10.4. The molecule has 0 spiro atoms. The molecule has 0 amide bonds. The van der Waals surface area contributed by atoms with Gasteiger partial charge < -0.3 is 9.05 Å². The molecule has 0 bridgehead atoms. The predicted molar refractivity (Wildman–Crippen MR) is 42.9 cm³/mol. The maximum Gasteiger partial charge on any atom is 0.154 e. The Bertz CT molecular complexity index is 30.2. The third-order valence-electron chi connectivity index (χ3n) is 0.667. The molecule has 0 saturated carbocycles. The van der Waals surface area contributed by atoms with Crippen LogP contribution in [0.5, 0.6) is 0 Å². The van der Waals surface area contributed by atoms with Crippen LogP contribution in [0.25, 0.3) is 0 Å². The van der Waals surface area contributed by atoms with E-state index in [2.05, 4.69) is 22.9 Å². The normalized spacial score (nSPS) is 8.00. The Morgan fingerprint density at radius 2 is 1.33 bits per heavy atom. The number of hydrogen-bond donors (Lipinski definition) is 0. The molecular weight excluding hydrogens is 135 g/mol. The average Bonchev–Trinajstić information content (AvgIpc) is 1.91. The van der Waals surface area contributed by atoms with Gasteiger partial charge in [0.1, 0.15) is 0 Å². The van der Waals surface area contributed by atoms with E-state index >= 15 is 0 Å². The molecule has 3 heteroatoms. The van der Waals surface area contributed by atoms with Gasteiger partial charge in [-0.2, -0.15) is 0 Å². The van der Waals surface area contributed by atoms with E-state index in [1.807, 2.05) is 0 Å². The highest BCUT2D eigenvalue weighted by Gasteiger charge is 1.64. The van der Waals surface area contributed by atoms with Crippen molar-refractivity contribution >= 4 is 9.03 Å². The minimum Gasteiger partial charge on any atom is -0.340 e. The Balaban J connectivity index is 0. The smallest absolute Gasteiger partial charge is 0.154 e. The number of hydrogen-bond acceptors (Lipinski definition) is 2. The maximum atomic E-state index is 4.50. The topological polar surface area (TPSA) is 18.5 Å². The first-order valence-electron chi connectivity index (χ1n) is 3.14. The van der Waals surface area contributed by atoms with Crippen molar-refractivity contribution in [2.24, 2.45) is 0 Å². The molecule has 9 heavy (non-hydrogen) atoms. The summed E-state index contributed by atoms with van der Waals surface area (Å²) < 4.78 is 8.99. The van der Waals surface area contributed by atoms with Crippen LogP contribution in [-0.2, 0) is 9.05 Å².